The average Bonchev–Trinajstić information content (AvgIpc) is 2.55. The van der Waals surface area contributed by atoms with Gasteiger partial charge < -0.3 is 15.7 Å². The molecule has 2 aromatic rings. The first-order valence-electron chi connectivity index (χ1n) is 6.68. The number of amides is 2. The Morgan fingerprint density at radius 1 is 1.17 bits per heavy atom. The van der Waals surface area contributed by atoms with Crippen molar-refractivity contribution in [1.82, 2.24) is 5.32 Å². The van der Waals surface area contributed by atoms with Crippen LogP contribution < -0.4 is 10.6 Å². The summed E-state index contributed by atoms with van der Waals surface area (Å²) in [5, 5.41) is 26.2. The van der Waals surface area contributed by atoms with E-state index in [0.29, 0.717) is 16.3 Å². The van der Waals surface area contributed by atoms with Crippen molar-refractivity contribution in [3.05, 3.63) is 69.2 Å². The van der Waals surface area contributed by atoms with Crippen LogP contribution in [0.15, 0.2) is 48.5 Å². The fourth-order valence-electron chi connectivity index (χ4n) is 1.83. The zero-order valence-electron chi connectivity index (χ0n) is 11.9. The molecular formula is C15H14ClN3O4. The van der Waals surface area contributed by atoms with Crippen molar-refractivity contribution in [2.24, 2.45) is 0 Å². The fourth-order valence-corrected chi connectivity index (χ4v) is 1.96. The highest BCUT2D eigenvalue weighted by atomic mass is 35.5. The normalized spacial score (nSPS) is 11.6. The highest BCUT2D eigenvalue weighted by molar-refractivity contribution is 6.30. The molecule has 0 aliphatic heterocycles. The molecule has 0 fully saturated rings. The number of nitro benzene ring substituents is 1. The fraction of sp³-hybridized carbons (Fsp3) is 0.133. The van der Waals surface area contributed by atoms with Crippen LogP contribution in [0.3, 0.4) is 0 Å². The van der Waals surface area contributed by atoms with Gasteiger partial charge in [-0.1, -0.05) is 11.6 Å². The van der Waals surface area contributed by atoms with Gasteiger partial charge in [0.25, 0.3) is 5.69 Å². The Morgan fingerprint density at radius 2 is 1.78 bits per heavy atom. The van der Waals surface area contributed by atoms with E-state index in [-0.39, 0.29) is 12.2 Å². The largest absolute Gasteiger partial charge is 0.387 e. The number of nitrogens with zero attached hydrogens (tertiary/aromatic N) is 1. The number of aliphatic hydroxyl groups excluding tert-OH is 1. The van der Waals surface area contributed by atoms with Crippen LogP contribution in [0.4, 0.5) is 16.2 Å². The Balaban J connectivity index is 1.85. The maximum Gasteiger partial charge on any atom is 0.319 e. The second kappa shape index (κ2) is 7.57. The molecule has 0 saturated heterocycles. The maximum absolute atomic E-state index is 11.7. The van der Waals surface area contributed by atoms with Crippen LogP contribution in [0.2, 0.25) is 5.02 Å². The number of hydrogen-bond acceptors (Lipinski definition) is 4. The predicted molar refractivity (Wildman–Crippen MR) is 86.5 cm³/mol. The van der Waals surface area contributed by atoms with E-state index in [9.17, 15) is 20.0 Å². The van der Waals surface area contributed by atoms with Crippen LogP contribution in [0, 0.1) is 10.1 Å². The molecule has 120 valence electrons. The monoisotopic (exact) mass is 335 g/mol. The zero-order chi connectivity index (χ0) is 16.8. The molecule has 2 rings (SSSR count). The minimum Gasteiger partial charge on any atom is -0.387 e. The number of anilines is 1. The van der Waals surface area contributed by atoms with Crippen molar-refractivity contribution >= 4 is 29.0 Å². The van der Waals surface area contributed by atoms with Gasteiger partial charge in [-0.2, -0.15) is 0 Å². The van der Waals surface area contributed by atoms with Crippen LogP contribution in [-0.2, 0) is 0 Å². The smallest absolute Gasteiger partial charge is 0.319 e. The summed E-state index contributed by atoms with van der Waals surface area (Å²) in [6.45, 7) is -0.0305. The van der Waals surface area contributed by atoms with Crippen LogP contribution in [0.5, 0.6) is 0 Å². The number of aliphatic hydroxyl groups is 1. The van der Waals surface area contributed by atoms with E-state index in [4.69, 9.17) is 11.6 Å². The van der Waals surface area contributed by atoms with Crippen LogP contribution in [-0.4, -0.2) is 22.6 Å². The van der Waals surface area contributed by atoms with E-state index in [1.807, 2.05) is 0 Å². The number of carbonyl (C=O) groups is 1. The number of hydrogen-bond donors (Lipinski definition) is 3. The number of halogens is 1. The summed E-state index contributed by atoms with van der Waals surface area (Å²) in [5.41, 5.74) is 0.980. The van der Waals surface area contributed by atoms with Gasteiger partial charge in [-0.05, 0) is 42.0 Å². The first kappa shape index (κ1) is 16.7. The van der Waals surface area contributed by atoms with Crippen molar-refractivity contribution in [2.75, 3.05) is 11.9 Å². The van der Waals surface area contributed by atoms with Gasteiger partial charge in [0.05, 0.1) is 11.0 Å². The molecule has 0 aliphatic rings. The number of rotatable bonds is 5. The molecular weight excluding hydrogens is 322 g/mol. The molecule has 2 amide bonds. The molecule has 0 spiro atoms. The summed E-state index contributed by atoms with van der Waals surface area (Å²) in [6, 6.07) is 11.6. The van der Waals surface area contributed by atoms with E-state index in [2.05, 4.69) is 10.6 Å². The summed E-state index contributed by atoms with van der Waals surface area (Å²) in [4.78, 5) is 21.8. The van der Waals surface area contributed by atoms with Crippen molar-refractivity contribution in [1.29, 1.82) is 0 Å². The molecule has 3 N–H and O–H groups in total. The summed E-state index contributed by atoms with van der Waals surface area (Å²) in [5.74, 6) is 0. The third-order valence-corrected chi connectivity index (χ3v) is 3.30. The minimum absolute atomic E-state index is 0.0305. The number of non-ortho nitro benzene ring substituents is 1. The molecule has 0 radical (unpaired) electrons. The highest BCUT2D eigenvalue weighted by Crippen LogP contribution is 2.17. The van der Waals surface area contributed by atoms with Crippen LogP contribution >= 0.6 is 11.6 Å². The third kappa shape index (κ3) is 4.94. The van der Waals surface area contributed by atoms with Gasteiger partial charge in [0, 0.05) is 29.4 Å². The third-order valence-electron chi connectivity index (χ3n) is 3.05. The lowest BCUT2D eigenvalue weighted by atomic mass is 10.1. The lowest BCUT2D eigenvalue weighted by Gasteiger charge is -2.13. The Morgan fingerprint density at radius 3 is 2.35 bits per heavy atom. The van der Waals surface area contributed by atoms with Crippen molar-refractivity contribution < 1.29 is 14.8 Å². The molecule has 8 heteroatoms. The average molecular weight is 336 g/mol. The maximum atomic E-state index is 11.7. The Bertz CT molecular complexity index is 689. The van der Waals surface area contributed by atoms with Crippen LogP contribution in [0.25, 0.3) is 0 Å². The van der Waals surface area contributed by atoms with E-state index >= 15 is 0 Å². The van der Waals surface area contributed by atoms with E-state index in [1.165, 1.54) is 24.3 Å². The molecule has 7 nitrogen and oxygen atoms in total. The van der Waals surface area contributed by atoms with Gasteiger partial charge in [-0.25, -0.2) is 4.79 Å². The first-order chi connectivity index (χ1) is 11.0. The molecule has 2 aromatic carbocycles. The van der Waals surface area contributed by atoms with E-state index < -0.39 is 17.1 Å². The molecule has 0 aromatic heterocycles. The summed E-state index contributed by atoms with van der Waals surface area (Å²) in [6.07, 6.45) is -0.966. The van der Waals surface area contributed by atoms with Gasteiger partial charge >= 0.3 is 6.03 Å². The molecule has 1 atom stereocenters. The second-order valence-electron chi connectivity index (χ2n) is 4.71. The Hall–Kier alpha value is -2.64. The lowest BCUT2D eigenvalue weighted by molar-refractivity contribution is -0.384. The Labute approximate surface area is 137 Å². The zero-order valence-corrected chi connectivity index (χ0v) is 12.7. The topological polar surface area (TPSA) is 104 Å². The van der Waals surface area contributed by atoms with Crippen molar-refractivity contribution in [3.8, 4) is 0 Å². The van der Waals surface area contributed by atoms with E-state index in [0.717, 1.165) is 0 Å². The number of nitrogens with one attached hydrogen (secondary N) is 2. The minimum atomic E-state index is -0.966. The number of benzene rings is 2. The van der Waals surface area contributed by atoms with E-state index in [1.54, 1.807) is 24.3 Å². The summed E-state index contributed by atoms with van der Waals surface area (Å²) in [7, 11) is 0. The molecule has 0 saturated carbocycles. The quantitative estimate of drug-likeness (QED) is 0.576. The number of carbonyl (C=O) groups excluding carboxylic acids is 1. The number of urea groups is 1. The molecule has 23 heavy (non-hydrogen) atoms. The summed E-state index contributed by atoms with van der Waals surface area (Å²) < 4.78 is 0. The van der Waals surface area contributed by atoms with Gasteiger partial charge in [0.1, 0.15) is 0 Å². The standard InChI is InChI=1S/C15H14ClN3O4/c16-11-3-5-12(6-4-11)18-15(21)17-9-14(20)10-1-7-13(8-2-10)19(22)23/h1-8,14,20H,9H2,(H2,17,18,21)/t14-/m1/s1. The van der Waals surface area contributed by atoms with Crippen LogP contribution in [0.1, 0.15) is 11.7 Å². The van der Waals surface area contributed by atoms with Gasteiger partial charge in [-0.3, -0.25) is 10.1 Å². The van der Waals surface area contributed by atoms with Crippen molar-refractivity contribution in [3.63, 3.8) is 0 Å². The molecule has 0 heterocycles. The Kier molecular flexibility index (Phi) is 5.51. The highest BCUT2D eigenvalue weighted by Gasteiger charge is 2.12. The van der Waals surface area contributed by atoms with Gasteiger partial charge in [0.2, 0.25) is 0 Å². The predicted octanol–water partition coefficient (Wildman–Crippen LogP) is 3.10. The molecule has 0 unspecified atom stereocenters. The first-order valence-corrected chi connectivity index (χ1v) is 7.06. The second-order valence-corrected chi connectivity index (χ2v) is 5.14. The lowest BCUT2D eigenvalue weighted by Crippen LogP contribution is -2.32. The van der Waals surface area contributed by atoms with Gasteiger partial charge in [-0.15, -0.1) is 0 Å². The SMILES string of the molecule is O=C(NC[C@@H](O)c1ccc([N+](=O)[O-])cc1)Nc1ccc(Cl)cc1. The molecule has 0 aliphatic carbocycles. The summed E-state index contributed by atoms with van der Waals surface area (Å²) >= 11 is 5.75. The van der Waals surface area contributed by atoms with Gasteiger partial charge in [0.15, 0.2) is 0 Å². The van der Waals surface area contributed by atoms with Crippen molar-refractivity contribution in [2.45, 2.75) is 6.10 Å². The molecule has 0 bridgehead atoms. The number of nitro groups is 1.